The number of aryl methyl sites for hydroxylation is 2. The number of hydrogen-bond donors (Lipinski definition) is 1. The van der Waals surface area contributed by atoms with Crippen molar-refractivity contribution in [1.82, 2.24) is 14.5 Å². The summed E-state index contributed by atoms with van der Waals surface area (Å²) >= 11 is 1.51. The van der Waals surface area contributed by atoms with Crippen molar-refractivity contribution < 1.29 is 4.79 Å². The van der Waals surface area contributed by atoms with Crippen LogP contribution in [0.15, 0.2) is 102 Å². The minimum absolute atomic E-state index is 0.0695. The molecule has 5 heteroatoms. The van der Waals surface area contributed by atoms with E-state index in [1.165, 1.54) is 22.9 Å². The molecule has 0 bridgehead atoms. The Balaban J connectivity index is 1.41. The van der Waals surface area contributed by atoms with Gasteiger partial charge >= 0.3 is 0 Å². The van der Waals surface area contributed by atoms with Crippen LogP contribution in [0.2, 0.25) is 0 Å². The van der Waals surface area contributed by atoms with Crippen molar-refractivity contribution in [3.05, 3.63) is 108 Å². The van der Waals surface area contributed by atoms with Gasteiger partial charge in [-0.05, 0) is 32.4 Å². The van der Waals surface area contributed by atoms with Gasteiger partial charge in [-0.2, -0.15) is 0 Å². The maximum Gasteiger partial charge on any atom is 0.245 e. The molecule has 0 spiro atoms. The quantitative estimate of drug-likeness (QED) is 0.226. The Morgan fingerprint density at radius 2 is 1.32 bits per heavy atom. The van der Waals surface area contributed by atoms with Crippen LogP contribution in [0.3, 0.4) is 0 Å². The summed E-state index contributed by atoms with van der Waals surface area (Å²) < 4.78 is 1.89. The molecule has 0 aliphatic carbocycles. The van der Waals surface area contributed by atoms with Gasteiger partial charge in [0.25, 0.3) is 0 Å². The fourth-order valence-electron chi connectivity index (χ4n) is 5.00. The van der Waals surface area contributed by atoms with Crippen molar-refractivity contribution in [2.45, 2.75) is 37.6 Å². The highest BCUT2D eigenvalue weighted by atomic mass is 32.2. The summed E-state index contributed by atoms with van der Waals surface area (Å²) in [7, 11) is 0. The van der Waals surface area contributed by atoms with Gasteiger partial charge in [0.05, 0.1) is 27.7 Å². The first-order valence-corrected chi connectivity index (χ1v) is 13.8. The Morgan fingerprint density at radius 3 is 1.87 bits per heavy atom. The molecule has 2 aromatic heterocycles. The zero-order chi connectivity index (χ0) is 26.2. The zero-order valence-corrected chi connectivity index (χ0v) is 22.5. The molecule has 38 heavy (non-hydrogen) atoms. The Hall–Kier alpha value is -4.09. The van der Waals surface area contributed by atoms with Crippen molar-refractivity contribution in [2.24, 2.45) is 0 Å². The molecule has 4 aromatic carbocycles. The number of imidazole rings is 1. The summed E-state index contributed by atoms with van der Waals surface area (Å²) in [5.74, 6) is 0.0695. The molecule has 1 unspecified atom stereocenters. The number of aromatic amines is 1. The van der Waals surface area contributed by atoms with Crippen molar-refractivity contribution >= 4 is 39.5 Å². The van der Waals surface area contributed by atoms with E-state index < -0.39 is 0 Å². The van der Waals surface area contributed by atoms with Crippen molar-refractivity contribution in [2.75, 3.05) is 0 Å². The van der Waals surface area contributed by atoms with Crippen LogP contribution in [-0.2, 0) is 0 Å². The number of hydrogen-bond acceptors (Lipinski definition) is 3. The second-order valence-corrected chi connectivity index (χ2v) is 10.9. The maximum absolute atomic E-state index is 14.1. The predicted molar refractivity (Wildman–Crippen MR) is 159 cm³/mol. The summed E-state index contributed by atoms with van der Waals surface area (Å²) in [6.07, 6.45) is 0.685. The van der Waals surface area contributed by atoms with E-state index in [-0.39, 0.29) is 11.2 Å². The van der Waals surface area contributed by atoms with Gasteiger partial charge in [0.15, 0.2) is 5.16 Å². The van der Waals surface area contributed by atoms with E-state index in [9.17, 15) is 4.79 Å². The highest BCUT2D eigenvalue weighted by Gasteiger charge is 2.26. The normalized spacial score (nSPS) is 12.3. The highest BCUT2D eigenvalue weighted by molar-refractivity contribution is 8.00. The van der Waals surface area contributed by atoms with Gasteiger partial charge in [-0.25, -0.2) is 4.98 Å². The molecule has 0 saturated carbocycles. The number of nitrogens with one attached hydrogen (secondary N) is 1. The summed E-state index contributed by atoms with van der Waals surface area (Å²) in [6.45, 7) is 6.24. The Bertz CT molecular complexity index is 1640. The largest absolute Gasteiger partial charge is 0.332 e. The van der Waals surface area contributed by atoms with Crippen LogP contribution < -0.4 is 0 Å². The summed E-state index contributed by atoms with van der Waals surface area (Å²) in [5.41, 5.74) is 8.30. The lowest BCUT2D eigenvalue weighted by Crippen LogP contribution is -2.23. The average molecular weight is 516 g/mol. The van der Waals surface area contributed by atoms with Crippen LogP contribution in [0.1, 0.15) is 29.3 Å². The lowest BCUT2D eigenvalue weighted by molar-refractivity contribution is 0.0919. The van der Waals surface area contributed by atoms with E-state index in [4.69, 9.17) is 4.98 Å². The molecule has 0 saturated heterocycles. The first-order chi connectivity index (χ1) is 18.5. The van der Waals surface area contributed by atoms with Gasteiger partial charge in [0, 0.05) is 21.9 Å². The molecule has 4 nitrogen and oxygen atoms in total. The second-order valence-electron chi connectivity index (χ2n) is 9.72. The molecule has 188 valence electrons. The van der Waals surface area contributed by atoms with Gasteiger partial charge < -0.3 is 4.98 Å². The summed E-state index contributed by atoms with van der Waals surface area (Å²) in [6, 6.07) is 33.2. The number of rotatable bonds is 6. The van der Waals surface area contributed by atoms with Gasteiger partial charge in [-0.3, -0.25) is 9.36 Å². The molecular weight excluding hydrogens is 486 g/mol. The Labute approximate surface area is 226 Å². The molecule has 2 heterocycles. The third kappa shape index (κ3) is 4.33. The topological polar surface area (TPSA) is 50.7 Å². The molecule has 1 atom stereocenters. The number of fused-ring (bicyclic) bond motifs is 3. The van der Waals surface area contributed by atoms with E-state index in [1.807, 2.05) is 41.0 Å². The highest BCUT2D eigenvalue weighted by Crippen LogP contribution is 2.36. The molecule has 1 N–H and O–H groups in total. The van der Waals surface area contributed by atoms with Crippen molar-refractivity contribution in [1.29, 1.82) is 0 Å². The monoisotopic (exact) mass is 515 g/mol. The Kier molecular flexibility index (Phi) is 6.38. The van der Waals surface area contributed by atoms with Gasteiger partial charge in [-0.15, -0.1) is 0 Å². The predicted octanol–water partition coefficient (Wildman–Crippen LogP) is 8.68. The molecule has 0 radical (unpaired) electrons. The van der Waals surface area contributed by atoms with Crippen LogP contribution in [0, 0.1) is 13.8 Å². The standard InChI is InChI=1S/C33H29N3OS/c1-4-29(32(37)36-27-11-7-5-9-25(27)26-10-6-8-12-28(26)36)38-33-34-30(23-17-13-21(2)14-18-23)31(35-33)24-19-15-22(3)16-20-24/h5-20,29H,4H2,1-3H3,(H,34,35). The van der Waals surface area contributed by atoms with E-state index >= 15 is 0 Å². The molecule has 0 aliphatic heterocycles. The van der Waals surface area contributed by atoms with Gasteiger partial charge in [-0.1, -0.05) is 115 Å². The Morgan fingerprint density at radius 1 is 0.789 bits per heavy atom. The number of carbonyl (C=O) groups excluding carboxylic acids is 1. The number of benzene rings is 4. The minimum atomic E-state index is -0.294. The SMILES string of the molecule is CCC(Sc1nc(-c2ccc(C)cc2)c(-c2ccc(C)cc2)[nH]1)C(=O)n1c2ccccc2c2ccccc21. The lowest BCUT2D eigenvalue weighted by atomic mass is 10.0. The fourth-order valence-corrected chi connectivity index (χ4v) is 5.95. The second kappa shape index (κ2) is 9.99. The number of nitrogens with zero attached hydrogens (tertiary/aromatic N) is 2. The number of H-pyrrole nitrogens is 1. The number of para-hydroxylation sites is 2. The molecule has 0 aliphatic rings. The molecule has 6 rings (SSSR count). The molecular formula is C33H29N3OS. The van der Waals surface area contributed by atoms with E-state index in [0.29, 0.717) is 6.42 Å². The van der Waals surface area contributed by atoms with Gasteiger partial charge in [0.1, 0.15) is 0 Å². The van der Waals surface area contributed by atoms with E-state index in [2.05, 4.69) is 86.4 Å². The van der Waals surface area contributed by atoms with Crippen molar-refractivity contribution in [3.8, 4) is 22.5 Å². The molecule has 0 fully saturated rings. The van der Waals surface area contributed by atoms with Crippen LogP contribution in [0.4, 0.5) is 0 Å². The average Bonchev–Trinajstić information content (AvgIpc) is 3.52. The van der Waals surface area contributed by atoms with Crippen LogP contribution in [-0.4, -0.2) is 25.7 Å². The smallest absolute Gasteiger partial charge is 0.245 e. The third-order valence-corrected chi connectivity index (χ3v) is 8.28. The lowest BCUT2D eigenvalue weighted by Gasteiger charge is -2.14. The van der Waals surface area contributed by atoms with E-state index in [1.54, 1.807) is 0 Å². The number of carbonyl (C=O) groups is 1. The number of thioether (sulfide) groups is 1. The fraction of sp³-hybridized carbons (Fsp3) is 0.152. The van der Waals surface area contributed by atoms with Crippen LogP contribution in [0.5, 0.6) is 0 Å². The minimum Gasteiger partial charge on any atom is -0.332 e. The number of aromatic nitrogens is 3. The maximum atomic E-state index is 14.1. The van der Waals surface area contributed by atoms with Gasteiger partial charge in [0.2, 0.25) is 5.91 Å². The third-order valence-electron chi connectivity index (χ3n) is 7.05. The first-order valence-electron chi connectivity index (χ1n) is 13.0. The summed E-state index contributed by atoms with van der Waals surface area (Å²) in [5, 5.41) is 2.64. The molecule has 0 amide bonds. The van der Waals surface area contributed by atoms with Crippen LogP contribution >= 0.6 is 11.8 Å². The zero-order valence-electron chi connectivity index (χ0n) is 21.7. The van der Waals surface area contributed by atoms with Crippen LogP contribution in [0.25, 0.3) is 44.3 Å². The molecule has 6 aromatic rings. The van der Waals surface area contributed by atoms with Crippen molar-refractivity contribution in [3.63, 3.8) is 0 Å². The first kappa shape index (κ1) is 24.3. The summed E-state index contributed by atoms with van der Waals surface area (Å²) in [4.78, 5) is 22.7. The van der Waals surface area contributed by atoms with E-state index in [0.717, 1.165) is 49.5 Å².